The first-order valence-corrected chi connectivity index (χ1v) is 12.4. The van der Waals surface area contributed by atoms with E-state index in [9.17, 15) is 20.1 Å². The molecule has 3 rings (SSSR count). The van der Waals surface area contributed by atoms with Crippen LogP contribution in [0, 0.1) is 0 Å². The van der Waals surface area contributed by atoms with Crippen LogP contribution in [0.1, 0.15) is 12.6 Å². The molecule has 0 bridgehead atoms. The van der Waals surface area contributed by atoms with Crippen molar-refractivity contribution >= 4 is 36.9 Å². The van der Waals surface area contributed by atoms with Crippen LogP contribution >= 0.6 is 0 Å². The van der Waals surface area contributed by atoms with E-state index in [4.69, 9.17) is 16.2 Å². The van der Waals surface area contributed by atoms with Crippen molar-refractivity contribution in [1.82, 2.24) is 19.5 Å². The Kier molecular flexibility index (Phi) is 5.94. The molecular formula is C15H22N6O5Se. The second-order valence-electron chi connectivity index (χ2n) is 6.50. The van der Waals surface area contributed by atoms with Crippen molar-refractivity contribution in [3.63, 3.8) is 0 Å². The molecule has 1 fully saturated rings. The Balaban J connectivity index is 1.68. The number of aliphatic hydroxyl groups is 2. The zero-order valence-corrected chi connectivity index (χ0v) is 16.3. The van der Waals surface area contributed by atoms with Crippen LogP contribution in [0.2, 0.25) is 16.5 Å². The minimum atomic E-state index is -1.28. The van der Waals surface area contributed by atoms with Crippen LogP contribution in [-0.4, -0.2) is 74.0 Å². The molecule has 0 aliphatic carbocycles. The molecule has 3 heterocycles. The van der Waals surface area contributed by atoms with Gasteiger partial charge in [-0.2, -0.15) is 0 Å². The van der Waals surface area contributed by atoms with Gasteiger partial charge < -0.3 is 0 Å². The van der Waals surface area contributed by atoms with Gasteiger partial charge in [0.25, 0.3) is 0 Å². The van der Waals surface area contributed by atoms with Crippen molar-refractivity contribution in [2.45, 2.75) is 53.5 Å². The summed E-state index contributed by atoms with van der Waals surface area (Å²) in [5, 5.41) is 32.8. The SMILES string of the molecule is C[Se+](CC[C@H](N)C(=O)[O-])C[C@H]1O[C@@H](n2cnc3c(N)ncnc32)[C@H](O)[C@@H]1O. The number of nitrogen functional groups attached to an aromatic ring is 1. The number of nitrogens with zero attached hydrogens (tertiary/aromatic N) is 4. The van der Waals surface area contributed by atoms with Crippen LogP contribution in [0.4, 0.5) is 5.82 Å². The topological polar surface area (TPSA) is 185 Å². The molecule has 6 atom stereocenters. The van der Waals surface area contributed by atoms with Crippen molar-refractivity contribution < 1.29 is 24.9 Å². The minimum absolute atomic E-state index is 0.216. The summed E-state index contributed by atoms with van der Waals surface area (Å²) in [6.07, 6.45) is -0.609. The molecule has 2 aromatic rings. The number of carboxylic acid groups (broad SMARTS) is 1. The van der Waals surface area contributed by atoms with Crippen molar-refractivity contribution in [2.75, 3.05) is 5.73 Å². The van der Waals surface area contributed by atoms with Gasteiger partial charge in [0, 0.05) is 0 Å². The van der Waals surface area contributed by atoms with E-state index in [0.717, 1.165) is 0 Å². The van der Waals surface area contributed by atoms with Gasteiger partial charge in [-0.15, -0.1) is 0 Å². The second-order valence-corrected chi connectivity index (χ2v) is 11.3. The molecule has 1 unspecified atom stereocenters. The van der Waals surface area contributed by atoms with Gasteiger partial charge in [-0.05, 0) is 0 Å². The van der Waals surface area contributed by atoms with Crippen molar-refractivity contribution in [3.8, 4) is 0 Å². The molecule has 0 spiro atoms. The van der Waals surface area contributed by atoms with Gasteiger partial charge in [0.05, 0.1) is 0 Å². The first-order chi connectivity index (χ1) is 12.8. The van der Waals surface area contributed by atoms with Crippen LogP contribution in [0.5, 0.6) is 0 Å². The third kappa shape index (κ3) is 4.05. The van der Waals surface area contributed by atoms with E-state index in [0.29, 0.717) is 28.2 Å². The van der Waals surface area contributed by atoms with Crippen LogP contribution < -0.4 is 16.6 Å². The molecule has 1 saturated heterocycles. The Morgan fingerprint density at radius 3 is 2.85 bits per heavy atom. The van der Waals surface area contributed by atoms with E-state index in [1.165, 1.54) is 17.2 Å². The number of fused-ring (bicyclic) bond motifs is 1. The van der Waals surface area contributed by atoms with Gasteiger partial charge in [0.1, 0.15) is 0 Å². The number of nitrogens with two attached hydrogens (primary N) is 2. The number of hydrogen-bond acceptors (Lipinski definition) is 10. The second kappa shape index (κ2) is 8.05. The first kappa shape index (κ1) is 19.9. The number of imidazole rings is 1. The number of carboxylic acids is 1. The number of carbonyl (C=O) groups excluding carboxylic acids is 1. The van der Waals surface area contributed by atoms with Crippen LogP contribution in [0.25, 0.3) is 11.2 Å². The normalized spacial score (nSPS) is 27.7. The third-order valence-corrected chi connectivity index (χ3v) is 8.37. The van der Waals surface area contributed by atoms with Crippen LogP contribution in [0.3, 0.4) is 0 Å². The Bertz CT molecular complexity index is 819. The van der Waals surface area contributed by atoms with E-state index in [-0.39, 0.29) is 5.82 Å². The van der Waals surface area contributed by atoms with Gasteiger partial charge in [-0.1, -0.05) is 0 Å². The number of carbonyl (C=O) groups is 1. The van der Waals surface area contributed by atoms with Gasteiger partial charge in [-0.25, -0.2) is 0 Å². The zero-order chi connectivity index (χ0) is 19.7. The quantitative estimate of drug-likeness (QED) is 0.335. The van der Waals surface area contributed by atoms with E-state index < -0.39 is 50.5 Å². The first-order valence-electron chi connectivity index (χ1n) is 8.29. The third-order valence-electron chi connectivity index (χ3n) is 4.53. The fourth-order valence-corrected chi connectivity index (χ4v) is 6.44. The fourth-order valence-electron chi connectivity index (χ4n) is 2.96. The number of aromatic nitrogens is 4. The predicted octanol–water partition coefficient (Wildman–Crippen LogP) is -2.38. The summed E-state index contributed by atoms with van der Waals surface area (Å²) in [6, 6.07) is -0.994. The maximum absolute atomic E-state index is 10.7. The molecule has 148 valence electrons. The summed E-state index contributed by atoms with van der Waals surface area (Å²) in [6.45, 7) is 0. The molecule has 1 aliphatic heterocycles. The van der Waals surface area contributed by atoms with Crippen molar-refractivity contribution in [3.05, 3.63) is 12.7 Å². The van der Waals surface area contributed by atoms with Crippen molar-refractivity contribution in [1.29, 1.82) is 0 Å². The molecule has 27 heavy (non-hydrogen) atoms. The standard InChI is InChI=1S/C15H22N6O5Se/c1-27(3-2-7(16)15(24)25)4-8-10(22)11(23)14(26-8)21-6-20-9-12(17)18-5-19-13(9)21/h5-8,10-11,14,22-23H,2-4,16H2,1H3,(H2-,17,18,19,24,25)/t7-,8+,10+,11+,14+,27?/m0/s1. The summed E-state index contributed by atoms with van der Waals surface area (Å²) in [7, 11) is 0. The Hall–Kier alpha value is -1.82. The number of ether oxygens (including phenoxy) is 1. The molecule has 1 aliphatic rings. The summed E-state index contributed by atoms with van der Waals surface area (Å²) >= 11 is -1.28. The molecule has 0 saturated carbocycles. The van der Waals surface area contributed by atoms with Gasteiger partial charge in [-0.3, -0.25) is 0 Å². The molecule has 0 aromatic carbocycles. The van der Waals surface area contributed by atoms with Gasteiger partial charge >= 0.3 is 159 Å². The molecule has 11 nitrogen and oxygen atoms in total. The number of aliphatic carboxylic acids is 1. The molecule has 6 N–H and O–H groups in total. The number of rotatable bonds is 7. The van der Waals surface area contributed by atoms with Crippen LogP contribution in [-0.2, 0) is 9.53 Å². The van der Waals surface area contributed by atoms with E-state index >= 15 is 0 Å². The van der Waals surface area contributed by atoms with Crippen molar-refractivity contribution in [2.24, 2.45) is 5.73 Å². The monoisotopic (exact) mass is 446 g/mol. The Labute approximate surface area is 159 Å². The van der Waals surface area contributed by atoms with Gasteiger partial charge in [0.15, 0.2) is 0 Å². The maximum atomic E-state index is 10.7. The average Bonchev–Trinajstić information content (AvgIpc) is 3.17. The summed E-state index contributed by atoms with van der Waals surface area (Å²) < 4.78 is 7.42. The van der Waals surface area contributed by atoms with E-state index in [1.807, 2.05) is 5.82 Å². The predicted molar refractivity (Wildman–Crippen MR) is 94.5 cm³/mol. The average molecular weight is 445 g/mol. The molecule has 12 heteroatoms. The fraction of sp³-hybridized carbons (Fsp3) is 0.600. The summed E-state index contributed by atoms with van der Waals surface area (Å²) in [5.74, 6) is 0.973. The molecule has 2 aromatic heterocycles. The van der Waals surface area contributed by atoms with E-state index in [2.05, 4.69) is 15.0 Å². The Morgan fingerprint density at radius 2 is 2.15 bits per heavy atom. The summed E-state index contributed by atoms with van der Waals surface area (Å²) in [5.41, 5.74) is 12.0. The molecule has 0 radical (unpaired) electrons. The number of anilines is 1. The summed E-state index contributed by atoms with van der Waals surface area (Å²) in [4.78, 5) is 22.9. The van der Waals surface area contributed by atoms with Crippen LogP contribution in [0.15, 0.2) is 12.7 Å². The zero-order valence-electron chi connectivity index (χ0n) is 14.6. The number of hydrogen-bond donors (Lipinski definition) is 4. The van der Waals surface area contributed by atoms with Gasteiger partial charge in [0.2, 0.25) is 0 Å². The Morgan fingerprint density at radius 1 is 1.41 bits per heavy atom. The van der Waals surface area contributed by atoms with E-state index in [1.54, 1.807) is 0 Å². The molecular weight excluding hydrogens is 423 g/mol. The number of aliphatic hydroxyl groups excluding tert-OH is 2. The molecule has 0 amide bonds.